The summed E-state index contributed by atoms with van der Waals surface area (Å²) >= 11 is 0. The van der Waals surface area contributed by atoms with Crippen LogP contribution in [-0.2, 0) is 6.54 Å². The molecule has 1 aromatic rings. The van der Waals surface area contributed by atoms with Gasteiger partial charge in [0, 0.05) is 18.4 Å². The van der Waals surface area contributed by atoms with Gasteiger partial charge in [0.1, 0.15) is 0 Å². The van der Waals surface area contributed by atoms with Gasteiger partial charge in [-0.05, 0) is 25.9 Å². The molecule has 0 atom stereocenters. The summed E-state index contributed by atoms with van der Waals surface area (Å²) in [5.74, 6) is 0. The maximum atomic E-state index is 4.01. The highest BCUT2D eigenvalue weighted by Crippen LogP contribution is 2.10. The fourth-order valence-corrected chi connectivity index (χ4v) is 1.73. The van der Waals surface area contributed by atoms with Crippen LogP contribution in [0.4, 0.5) is 0 Å². The second-order valence-corrected chi connectivity index (χ2v) is 3.41. The monoisotopic (exact) mass is 165 g/mol. The lowest BCUT2D eigenvalue weighted by Crippen LogP contribution is -2.29. The molecule has 1 aliphatic heterocycles. The van der Waals surface area contributed by atoms with Gasteiger partial charge in [-0.3, -0.25) is 4.90 Å². The predicted octanol–water partition coefficient (Wildman–Crippen LogP) is 1.40. The highest BCUT2D eigenvalue weighted by Gasteiger charge is 2.10. The molecule has 3 nitrogen and oxygen atoms in total. The van der Waals surface area contributed by atoms with Crippen molar-refractivity contribution in [1.29, 1.82) is 0 Å². The van der Waals surface area contributed by atoms with E-state index in [0.29, 0.717) is 0 Å². The third-order valence-electron chi connectivity index (χ3n) is 2.40. The molecule has 3 heteroatoms. The average Bonchev–Trinajstić information content (AvgIpc) is 2.59. The predicted molar refractivity (Wildman–Crippen MR) is 47.7 cm³/mol. The van der Waals surface area contributed by atoms with Crippen LogP contribution in [0.5, 0.6) is 0 Å². The number of H-pyrrole nitrogens is 1. The maximum absolute atomic E-state index is 4.01. The van der Waals surface area contributed by atoms with Crippen molar-refractivity contribution in [2.45, 2.75) is 25.8 Å². The fraction of sp³-hybridized carbons (Fsp3) is 0.667. The van der Waals surface area contributed by atoms with E-state index in [9.17, 15) is 0 Å². The quantitative estimate of drug-likeness (QED) is 0.718. The summed E-state index contributed by atoms with van der Waals surface area (Å²) in [7, 11) is 0. The molecule has 1 saturated heterocycles. The first-order chi connectivity index (χ1) is 5.95. The summed E-state index contributed by atoms with van der Waals surface area (Å²) < 4.78 is 0. The van der Waals surface area contributed by atoms with Gasteiger partial charge in [-0.1, -0.05) is 6.42 Å². The van der Waals surface area contributed by atoms with Crippen LogP contribution in [0.25, 0.3) is 0 Å². The van der Waals surface area contributed by atoms with E-state index >= 15 is 0 Å². The van der Waals surface area contributed by atoms with Gasteiger partial charge in [0.05, 0.1) is 6.33 Å². The van der Waals surface area contributed by atoms with Crippen LogP contribution in [0.15, 0.2) is 12.5 Å². The molecular weight excluding hydrogens is 150 g/mol. The minimum Gasteiger partial charge on any atom is -0.347 e. The molecule has 66 valence electrons. The van der Waals surface area contributed by atoms with Crippen molar-refractivity contribution in [3.05, 3.63) is 18.2 Å². The van der Waals surface area contributed by atoms with E-state index in [1.54, 1.807) is 6.33 Å². The van der Waals surface area contributed by atoms with E-state index in [0.717, 1.165) is 6.54 Å². The second kappa shape index (κ2) is 3.72. The van der Waals surface area contributed by atoms with E-state index in [4.69, 9.17) is 0 Å². The van der Waals surface area contributed by atoms with E-state index < -0.39 is 0 Å². The van der Waals surface area contributed by atoms with Gasteiger partial charge in [0.15, 0.2) is 0 Å². The molecule has 0 aromatic carbocycles. The van der Waals surface area contributed by atoms with Crippen molar-refractivity contribution in [2.75, 3.05) is 13.1 Å². The molecule has 0 spiro atoms. The number of hydrogen-bond donors (Lipinski definition) is 1. The summed E-state index contributed by atoms with van der Waals surface area (Å²) in [6.07, 6.45) is 7.77. The maximum Gasteiger partial charge on any atom is 0.0922 e. The van der Waals surface area contributed by atoms with Crippen molar-refractivity contribution in [1.82, 2.24) is 14.9 Å². The highest BCUT2D eigenvalue weighted by molar-refractivity contribution is 4.94. The van der Waals surface area contributed by atoms with Crippen LogP contribution in [0, 0.1) is 0 Å². The van der Waals surface area contributed by atoms with Crippen LogP contribution in [0.2, 0.25) is 0 Å². The third-order valence-corrected chi connectivity index (χ3v) is 2.40. The number of piperidine rings is 1. The van der Waals surface area contributed by atoms with Gasteiger partial charge in [-0.15, -0.1) is 0 Å². The molecule has 1 aromatic heterocycles. The highest BCUT2D eigenvalue weighted by atomic mass is 15.1. The zero-order valence-electron chi connectivity index (χ0n) is 7.29. The van der Waals surface area contributed by atoms with Gasteiger partial charge < -0.3 is 4.98 Å². The normalized spacial score (nSPS) is 19.7. The Hall–Kier alpha value is -0.830. The number of aromatic nitrogens is 2. The molecule has 1 N–H and O–H groups in total. The first kappa shape index (κ1) is 7.80. The topological polar surface area (TPSA) is 31.9 Å². The van der Waals surface area contributed by atoms with E-state index in [1.165, 1.54) is 38.0 Å². The zero-order chi connectivity index (χ0) is 8.23. The molecule has 0 aliphatic carbocycles. The number of nitrogens with zero attached hydrogens (tertiary/aromatic N) is 2. The minimum atomic E-state index is 1.04. The third kappa shape index (κ3) is 1.85. The van der Waals surface area contributed by atoms with Crippen LogP contribution >= 0.6 is 0 Å². The molecule has 0 saturated carbocycles. The lowest BCUT2D eigenvalue weighted by Gasteiger charge is -2.25. The summed E-state index contributed by atoms with van der Waals surface area (Å²) in [5, 5.41) is 0. The van der Waals surface area contributed by atoms with Crippen molar-refractivity contribution in [3.8, 4) is 0 Å². The Bertz CT molecular complexity index is 212. The molecular formula is C9H15N3. The van der Waals surface area contributed by atoms with Crippen LogP contribution < -0.4 is 0 Å². The Kier molecular flexibility index (Phi) is 2.42. The van der Waals surface area contributed by atoms with Crippen molar-refractivity contribution in [2.24, 2.45) is 0 Å². The molecule has 0 radical (unpaired) electrons. The fourth-order valence-electron chi connectivity index (χ4n) is 1.73. The van der Waals surface area contributed by atoms with E-state index in [-0.39, 0.29) is 0 Å². The summed E-state index contributed by atoms with van der Waals surface area (Å²) in [6.45, 7) is 3.54. The van der Waals surface area contributed by atoms with Crippen molar-refractivity contribution in [3.63, 3.8) is 0 Å². The Morgan fingerprint density at radius 2 is 2.17 bits per heavy atom. The number of aromatic amines is 1. The van der Waals surface area contributed by atoms with E-state index in [1.807, 2.05) is 6.20 Å². The number of hydrogen-bond acceptors (Lipinski definition) is 2. The molecule has 12 heavy (non-hydrogen) atoms. The molecule has 1 aliphatic rings. The summed E-state index contributed by atoms with van der Waals surface area (Å²) in [5.41, 5.74) is 1.23. The first-order valence-corrected chi connectivity index (χ1v) is 4.65. The number of rotatable bonds is 2. The lowest BCUT2D eigenvalue weighted by molar-refractivity contribution is 0.219. The van der Waals surface area contributed by atoms with Gasteiger partial charge in [-0.2, -0.15) is 0 Å². The Morgan fingerprint density at radius 3 is 2.83 bits per heavy atom. The van der Waals surface area contributed by atoms with Crippen LogP contribution in [0.1, 0.15) is 25.0 Å². The van der Waals surface area contributed by atoms with Crippen molar-refractivity contribution >= 4 is 0 Å². The zero-order valence-corrected chi connectivity index (χ0v) is 7.29. The molecule has 0 unspecified atom stereocenters. The second-order valence-electron chi connectivity index (χ2n) is 3.41. The van der Waals surface area contributed by atoms with Gasteiger partial charge in [0.25, 0.3) is 0 Å². The standard InChI is InChI=1S/C9H15N3/c1-2-4-12(5-3-1)7-9-6-10-8-11-9/h6,8H,1-5,7H2,(H,10,11). The Balaban J connectivity index is 1.86. The van der Waals surface area contributed by atoms with E-state index in [2.05, 4.69) is 14.9 Å². The minimum absolute atomic E-state index is 1.04. The first-order valence-electron chi connectivity index (χ1n) is 4.65. The van der Waals surface area contributed by atoms with Crippen LogP contribution in [-0.4, -0.2) is 28.0 Å². The van der Waals surface area contributed by atoms with Crippen LogP contribution in [0.3, 0.4) is 0 Å². The van der Waals surface area contributed by atoms with Gasteiger partial charge >= 0.3 is 0 Å². The van der Waals surface area contributed by atoms with Crippen molar-refractivity contribution < 1.29 is 0 Å². The molecule has 2 heterocycles. The molecule has 2 rings (SSSR count). The molecule has 1 fully saturated rings. The number of nitrogens with one attached hydrogen (secondary N) is 1. The lowest BCUT2D eigenvalue weighted by atomic mass is 10.1. The smallest absolute Gasteiger partial charge is 0.0922 e. The summed E-state index contributed by atoms with van der Waals surface area (Å²) in [6, 6.07) is 0. The average molecular weight is 165 g/mol. The van der Waals surface area contributed by atoms with Gasteiger partial charge in [0.2, 0.25) is 0 Å². The molecule has 0 bridgehead atoms. The van der Waals surface area contributed by atoms with Gasteiger partial charge in [-0.25, -0.2) is 4.98 Å². The summed E-state index contributed by atoms with van der Waals surface area (Å²) in [4.78, 5) is 9.62. The molecule has 0 amide bonds. The largest absolute Gasteiger partial charge is 0.347 e. The number of imidazole rings is 1. The SMILES string of the molecule is c1ncc(CN2CCCCC2)[nH]1. The Morgan fingerprint density at radius 1 is 1.33 bits per heavy atom. The number of likely N-dealkylation sites (tertiary alicyclic amines) is 1. The Labute approximate surface area is 72.8 Å².